The predicted octanol–water partition coefficient (Wildman–Crippen LogP) is 10.1. The van der Waals surface area contributed by atoms with Crippen molar-refractivity contribution in [3.63, 3.8) is 0 Å². The number of aliphatic hydroxyl groups excluding tert-OH is 2. The molecule has 0 heterocycles. The third-order valence-corrected chi connectivity index (χ3v) is 9.68. The molecule has 0 aromatic carbocycles. The maximum absolute atomic E-state index is 12.6. The van der Waals surface area contributed by atoms with E-state index in [9.17, 15) is 33.8 Å². The number of hydrogen-bond donors (Lipinski definition) is 5. The number of carbonyl (C=O) groups is 2. The summed E-state index contributed by atoms with van der Waals surface area (Å²) in [6.45, 7) is 1.31. The van der Waals surface area contributed by atoms with Crippen LogP contribution in [0.3, 0.4) is 0 Å². The number of carbonyl (C=O) groups excluding carboxylic acids is 2. The first-order chi connectivity index (χ1) is 29.8. The average Bonchev–Trinajstić information content (AvgIpc) is 3.22. The van der Waals surface area contributed by atoms with Crippen molar-refractivity contribution < 1.29 is 66.7 Å². The number of unbranched alkanes of at least 4 members (excludes halogenated alkanes) is 4. The second kappa shape index (κ2) is 40.5. The second-order valence-electron chi connectivity index (χ2n) is 14.1. The Balaban J connectivity index is 4.83. The molecule has 0 saturated heterocycles. The van der Waals surface area contributed by atoms with Gasteiger partial charge in [0.1, 0.15) is 12.7 Å². The van der Waals surface area contributed by atoms with Crippen molar-refractivity contribution in [1.29, 1.82) is 0 Å². The number of allylic oxidation sites excluding steroid dienone is 17. The molecule has 16 heteroatoms. The van der Waals surface area contributed by atoms with Crippen molar-refractivity contribution in [3.05, 3.63) is 109 Å². The molecule has 0 saturated carbocycles. The van der Waals surface area contributed by atoms with Gasteiger partial charge in [-0.25, -0.2) is 9.13 Å². The Kier molecular flexibility index (Phi) is 38.4. The molecule has 0 radical (unpaired) electrons. The Labute approximate surface area is 370 Å². The summed E-state index contributed by atoms with van der Waals surface area (Å²) in [5.74, 6) is -1.31. The minimum Gasteiger partial charge on any atom is -0.462 e. The first kappa shape index (κ1) is 58.7. The molecule has 352 valence electrons. The van der Waals surface area contributed by atoms with Crippen molar-refractivity contribution >= 4 is 27.6 Å². The lowest BCUT2D eigenvalue weighted by atomic mass is 10.1. The number of aliphatic hydroxyl groups is 2. The SMILES string of the molecule is CC/C=C\C/C=C\C/C=C\C/C=C\C=C\C(O)CCCC(=O)OC[C@H](COP(=O)(O)OC[C@@H](O)COP(=O)(O)O)OC(=O)CCC/C=C\C/C=C\C/C=C\C/C=C\CCCCC. The predicted molar refractivity (Wildman–Crippen MR) is 245 cm³/mol. The first-order valence-electron chi connectivity index (χ1n) is 21.7. The Bertz CT molecular complexity index is 1520. The van der Waals surface area contributed by atoms with Gasteiger partial charge in [-0.3, -0.25) is 23.2 Å². The lowest BCUT2D eigenvalue weighted by Crippen LogP contribution is -2.30. The number of hydrogen-bond acceptors (Lipinski definition) is 11. The van der Waals surface area contributed by atoms with Crippen molar-refractivity contribution in [2.75, 3.05) is 26.4 Å². The van der Waals surface area contributed by atoms with Crippen LogP contribution in [-0.4, -0.2) is 81.6 Å². The van der Waals surface area contributed by atoms with E-state index >= 15 is 0 Å². The van der Waals surface area contributed by atoms with Crippen LogP contribution >= 0.6 is 15.6 Å². The van der Waals surface area contributed by atoms with Crippen LogP contribution < -0.4 is 0 Å². The van der Waals surface area contributed by atoms with Crippen LogP contribution in [0.1, 0.15) is 123 Å². The monoisotopic (exact) mass is 912 g/mol. The Hall–Kier alpha value is -3.26. The fraction of sp³-hybridized carbons (Fsp3) is 0.565. The zero-order valence-electron chi connectivity index (χ0n) is 36.8. The molecule has 0 aliphatic heterocycles. The van der Waals surface area contributed by atoms with Crippen LogP contribution in [0.25, 0.3) is 0 Å². The highest BCUT2D eigenvalue weighted by molar-refractivity contribution is 7.47. The van der Waals surface area contributed by atoms with Crippen LogP contribution in [0.4, 0.5) is 0 Å². The number of ether oxygens (including phenoxy) is 2. The van der Waals surface area contributed by atoms with E-state index in [-0.39, 0.29) is 19.3 Å². The fourth-order valence-corrected chi connectivity index (χ4v) is 6.11. The molecule has 4 atom stereocenters. The summed E-state index contributed by atoms with van der Waals surface area (Å²) in [5, 5.41) is 20.0. The third kappa shape index (κ3) is 43.4. The number of phosphoric acid groups is 2. The smallest absolute Gasteiger partial charge is 0.462 e. The molecule has 0 aromatic rings. The maximum Gasteiger partial charge on any atom is 0.472 e. The lowest BCUT2D eigenvalue weighted by Gasteiger charge is -2.20. The summed E-state index contributed by atoms with van der Waals surface area (Å²) in [6.07, 6.45) is 45.5. The largest absolute Gasteiger partial charge is 0.472 e. The summed E-state index contributed by atoms with van der Waals surface area (Å²) in [5.41, 5.74) is 0. The molecule has 0 rings (SSSR count). The van der Waals surface area contributed by atoms with Crippen molar-refractivity contribution in [2.45, 2.75) is 141 Å². The summed E-state index contributed by atoms with van der Waals surface area (Å²) in [4.78, 5) is 52.7. The summed E-state index contributed by atoms with van der Waals surface area (Å²) in [6, 6.07) is 0. The molecule has 0 fully saturated rings. The van der Waals surface area contributed by atoms with E-state index in [4.69, 9.17) is 23.8 Å². The standard InChI is InChI=1S/C46H74O14P2/c1-3-5-7-9-11-13-15-17-18-19-20-22-24-26-28-30-32-36-46(50)60-44(41-59-62(54,55)58-39-43(48)38-57-61(51,52)53)40-56-45(49)37-33-35-42(47)34-31-29-27-25-23-21-16-14-12-10-8-6-4-2/h6,8,11-14,17-18,20-23,26-29,31,34,42-44,47-48H,3-5,7,9-10,15-16,19,24-25,30,32-33,35-41H2,1-2H3,(H,54,55)(H2,51,52,53)/b8-6-,13-11-,14-12-,18-17-,22-20-,23-21-,28-26-,29-27-,34-31+/t42?,43-,44+/m0/s1. The third-order valence-electron chi connectivity index (χ3n) is 8.24. The minimum absolute atomic E-state index is 0.00778. The van der Waals surface area contributed by atoms with Gasteiger partial charge >= 0.3 is 27.6 Å². The molecule has 0 amide bonds. The van der Waals surface area contributed by atoms with E-state index in [1.165, 1.54) is 19.3 Å². The van der Waals surface area contributed by atoms with Crippen molar-refractivity contribution in [2.24, 2.45) is 0 Å². The molecule has 0 bridgehead atoms. The van der Waals surface area contributed by atoms with Crippen LogP contribution in [0.15, 0.2) is 109 Å². The molecule has 0 aliphatic rings. The number of esters is 2. The fourth-order valence-electron chi connectivity index (χ4n) is 4.96. The summed E-state index contributed by atoms with van der Waals surface area (Å²) < 4.78 is 47.5. The number of phosphoric ester groups is 2. The van der Waals surface area contributed by atoms with Gasteiger partial charge in [0.2, 0.25) is 0 Å². The van der Waals surface area contributed by atoms with Gasteiger partial charge in [0.25, 0.3) is 0 Å². The number of rotatable bonds is 39. The van der Waals surface area contributed by atoms with Gasteiger partial charge in [0, 0.05) is 12.8 Å². The van der Waals surface area contributed by atoms with Gasteiger partial charge < -0.3 is 34.4 Å². The van der Waals surface area contributed by atoms with Crippen LogP contribution in [0, 0.1) is 0 Å². The molecule has 2 unspecified atom stereocenters. The molecule has 5 N–H and O–H groups in total. The molecular formula is C46H74O14P2. The van der Waals surface area contributed by atoms with Gasteiger partial charge in [-0.2, -0.15) is 0 Å². The van der Waals surface area contributed by atoms with Gasteiger partial charge in [0.15, 0.2) is 6.10 Å². The van der Waals surface area contributed by atoms with Crippen molar-refractivity contribution in [3.8, 4) is 0 Å². The summed E-state index contributed by atoms with van der Waals surface area (Å²) in [7, 11) is -9.77. The molecule has 62 heavy (non-hydrogen) atoms. The quantitative estimate of drug-likeness (QED) is 0.0128. The zero-order valence-corrected chi connectivity index (χ0v) is 38.6. The van der Waals surface area contributed by atoms with Gasteiger partial charge in [-0.1, -0.05) is 136 Å². The Morgan fingerprint density at radius 3 is 1.61 bits per heavy atom. The van der Waals surface area contributed by atoms with E-state index in [2.05, 4.69) is 95.8 Å². The molecule has 0 aliphatic carbocycles. The van der Waals surface area contributed by atoms with Crippen molar-refractivity contribution in [1.82, 2.24) is 0 Å². The summed E-state index contributed by atoms with van der Waals surface area (Å²) >= 11 is 0. The van der Waals surface area contributed by atoms with Gasteiger partial charge in [0.05, 0.1) is 25.9 Å². The molecule has 14 nitrogen and oxygen atoms in total. The minimum atomic E-state index is -4.89. The van der Waals surface area contributed by atoms with Crippen LogP contribution in [0.5, 0.6) is 0 Å². The van der Waals surface area contributed by atoms with Crippen LogP contribution in [-0.2, 0) is 41.8 Å². The first-order valence-corrected chi connectivity index (χ1v) is 24.7. The van der Waals surface area contributed by atoms with E-state index in [1.807, 2.05) is 24.3 Å². The van der Waals surface area contributed by atoms with Gasteiger partial charge in [-0.05, 0) is 83.5 Å². The topological polar surface area (TPSA) is 216 Å². The molecule has 0 aromatic heterocycles. The average molecular weight is 913 g/mol. The van der Waals surface area contributed by atoms with Gasteiger partial charge in [-0.15, -0.1) is 0 Å². The Morgan fingerprint density at radius 2 is 1.05 bits per heavy atom. The lowest BCUT2D eigenvalue weighted by molar-refractivity contribution is -0.161. The highest BCUT2D eigenvalue weighted by atomic mass is 31.2. The van der Waals surface area contributed by atoms with E-state index in [0.717, 1.165) is 51.4 Å². The maximum atomic E-state index is 12.6. The van der Waals surface area contributed by atoms with E-state index < -0.39 is 72.3 Å². The molecule has 0 spiro atoms. The Morgan fingerprint density at radius 1 is 0.548 bits per heavy atom. The molecular weight excluding hydrogens is 838 g/mol. The highest BCUT2D eigenvalue weighted by Gasteiger charge is 2.28. The second-order valence-corrected chi connectivity index (χ2v) is 16.8. The van der Waals surface area contributed by atoms with Crippen LogP contribution in [0.2, 0.25) is 0 Å². The van der Waals surface area contributed by atoms with E-state index in [0.29, 0.717) is 19.3 Å². The van der Waals surface area contributed by atoms with E-state index in [1.54, 1.807) is 12.2 Å². The normalized spacial score (nSPS) is 15.5. The zero-order chi connectivity index (χ0) is 46.0. The highest BCUT2D eigenvalue weighted by Crippen LogP contribution is 2.43.